The molecule has 3 aromatic carbocycles. The summed E-state index contributed by atoms with van der Waals surface area (Å²) in [4.78, 5) is 20.1. The minimum atomic E-state index is -4.39. The van der Waals surface area contributed by atoms with E-state index in [1.165, 1.54) is 18.2 Å². The van der Waals surface area contributed by atoms with Crippen LogP contribution in [0.1, 0.15) is 21.5 Å². The number of carbonyl (C=O) groups is 1. The number of alkyl halides is 3. The molecule has 0 aromatic heterocycles. The van der Waals surface area contributed by atoms with Gasteiger partial charge in [0, 0.05) is 37.6 Å². The number of aliphatic imine (C=N–C) groups is 1. The second-order valence-electron chi connectivity index (χ2n) is 8.16. The Morgan fingerprint density at radius 3 is 2.31 bits per heavy atom. The number of rotatable bonds is 5. The van der Waals surface area contributed by atoms with E-state index in [-0.39, 0.29) is 5.56 Å². The highest BCUT2D eigenvalue weighted by Crippen LogP contribution is 2.32. The molecule has 3 aromatic rings. The average molecular weight is 483 g/mol. The second-order valence-corrected chi connectivity index (χ2v) is 8.16. The second kappa shape index (κ2) is 10.5. The third kappa shape index (κ3) is 6.32. The van der Waals surface area contributed by atoms with Crippen molar-refractivity contribution in [2.24, 2.45) is 4.99 Å². The van der Waals surface area contributed by atoms with Gasteiger partial charge in [0.05, 0.1) is 17.7 Å². The third-order valence-corrected chi connectivity index (χ3v) is 5.74. The van der Waals surface area contributed by atoms with Gasteiger partial charge in [-0.2, -0.15) is 13.2 Å². The molecular formula is C26H25F3N4O2. The molecule has 0 atom stereocenters. The standard InChI is InChI=1S/C26H25F3N4O2/c27-26(28,29)21-9-5-11-23(17-21)32-12-14-33(15-13-32)25(30-18-19-6-2-1-3-7-19)31-22-10-4-8-20(16-22)24(34)35/h1-11,16-17H,12-15,18H2,(H,30,31)(H,34,35). The fourth-order valence-electron chi connectivity index (χ4n) is 3.88. The van der Waals surface area contributed by atoms with Gasteiger partial charge in [0.2, 0.25) is 0 Å². The Morgan fingerprint density at radius 2 is 1.63 bits per heavy atom. The fraction of sp³-hybridized carbons (Fsp3) is 0.231. The van der Waals surface area contributed by atoms with Gasteiger partial charge in [0.15, 0.2) is 5.96 Å². The maximum absolute atomic E-state index is 13.1. The quantitative estimate of drug-likeness (QED) is 0.387. The lowest BCUT2D eigenvalue weighted by atomic mass is 10.1. The van der Waals surface area contributed by atoms with E-state index in [2.05, 4.69) is 5.32 Å². The van der Waals surface area contributed by atoms with Crippen LogP contribution in [0, 0.1) is 0 Å². The smallest absolute Gasteiger partial charge is 0.416 e. The molecule has 1 heterocycles. The predicted octanol–water partition coefficient (Wildman–Crippen LogP) is 5.19. The molecule has 35 heavy (non-hydrogen) atoms. The van der Waals surface area contributed by atoms with Gasteiger partial charge >= 0.3 is 12.1 Å². The van der Waals surface area contributed by atoms with Crippen molar-refractivity contribution in [3.63, 3.8) is 0 Å². The minimum absolute atomic E-state index is 0.159. The van der Waals surface area contributed by atoms with Gasteiger partial charge in [-0.05, 0) is 42.0 Å². The first-order valence-electron chi connectivity index (χ1n) is 11.2. The van der Waals surface area contributed by atoms with Crippen LogP contribution < -0.4 is 10.2 Å². The summed E-state index contributed by atoms with van der Waals surface area (Å²) in [5.74, 6) is -0.439. The maximum atomic E-state index is 13.1. The number of halogens is 3. The van der Waals surface area contributed by atoms with Gasteiger partial charge in [-0.25, -0.2) is 9.79 Å². The molecule has 0 amide bonds. The first-order valence-corrected chi connectivity index (χ1v) is 11.2. The lowest BCUT2D eigenvalue weighted by Gasteiger charge is -2.38. The molecule has 0 radical (unpaired) electrons. The van der Waals surface area contributed by atoms with Crippen molar-refractivity contribution < 1.29 is 23.1 Å². The van der Waals surface area contributed by atoms with Crippen LogP contribution in [0.15, 0.2) is 83.9 Å². The van der Waals surface area contributed by atoms with E-state index in [9.17, 15) is 23.1 Å². The predicted molar refractivity (Wildman–Crippen MR) is 130 cm³/mol. The summed E-state index contributed by atoms with van der Waals surface area (Å²) in [6, 6.07) is 21.6. The number of benzene rings is 3. The maximum Gasteiger partial charge on any atom is 0.416 e. The van der Waals surface area contributed by atoms with Gasteiger partial charge in [-0.1, -0.05) is 42.5 Å². The van der Waals surface area contributed by atoms with Gasteiger partial charge in [-0.3, -0.25) is 0 Å². The molecule has 0 bridgehead atoms. The Bertz CT molecular complexity index is 1190. The van der Waals surface area contributed by atoms with Crippen molar-refractivity contribution >= 4 is 23.3 Å². The SMILES string of the molecule is O=C(O)c1cccc(NC(=NCc2ccccc2)N2CCN(c3cccc(C(F)(F)F)c3)CC2)c1. The molecule has 0 saturated carbocycles. The number of guanidine groups is 1. The van der Waals surface area contributed by atoms with Crippen LogP contribution in [-0.2, 0) is 12.7 Å². The molecular weight excluding hydrogens is 457 g/mol. The molecule has 0 aliphatic carbocycles. The van der Waals surface area contributed by atoms with Crippen LogP contribution in [0.3, 0.4) is 0 Å². The molecule has 0 spiro atoms. The zero-order valence-electron chi connectivity index (χ0n) is 18.9. The van der Waals surface area contributed by atoms with Crippen molar-refractivity contribution in [3.8, 4) is 0 Å². The molecule has 182 valence electrons. The number of carboxylic acids is 1. The molecule has 1 fully saturated rings. The van der Waals surface area contributed by atoms with E-state index in [0.717, 1.165) is 11.6 Å². The van der Waals surface area contributed by atoms with Crippen LogP contribution in [0.25, 0.3) is 0 Å². The van der Waals surface area contributed by atoms with Crippen molar-refractivity contribution in [2.75, 3.05) is 36.4 Å². The Kier molecular flexibility index (Phi) is 7.24. The highest BCUT2D eigenvalue weighted by molar-refractivity contribution is 5.96. The number of anilines is 2. The molecule has 6 nitrogen and oxygen atoms in total. The average Bonchev–Trinajstić information content (AvgIpc) is 2.87. The first-order chi connectivity index (χ1) is 16.8. The van der Waals surface area contributed by atoms with E-state index < -0.39 is 17.7 Å². The van der Waals surface area contributed by atoms with E-state index in [0.29, 0.717) is 50.1 Å². The van der Waals surface area contributed by atoms with Crippen LogP contribution in [0.2, 0.25) is 0 Å². The van der Waals surface area contributed by atoms with E-state index in [1.54, 1.807) is 24.3 Å². The number of hydrogen-bond donors (Lipinski definition) is 2. The summed E-state index contributed by atoms with van der Waals surface area (Å²) >= 11 is 0. The topological polar surface area (TPSA) is 68.2 Å². The Balaban J connectivity index is 1.51. The van der Waals surface area contributed by atoms with Crippen molar-refractivity contribution in [3.05, 3.63) is 95.6 Å². The number of piperazine rings is 1. The minimum Gasteiger partial charge on any atom is -0.478 e. The zero-order chi connectivity index (χ0) is 24.8. The summed E-state index contributed by atoms with van der Waals surface area (Å²) in [7, 11) is 0. The van der Waals surface area contributed by atoms with E-state index >= 15 is 0 Å². The Hall–Kier alpha value is -4.01. The number of carboxylic acid groups (broad SMARTS) is 1. The van der Waals surface area contributed by atoms with Gasteiger partial charge in [0.1, 0.15) is 0 Å². The Labute approximate surface area is 201 Å². The lowest BCUT2D eigenvalue weighted by molar-refractivity contribution is -0.137. The third-order valence-electron chi connectivity index (χ3n) is 5.74. The zero-order valence-corrected chi connectivity index (χ0v) is 18.9. The number of aromatic carboxylic acids is 1. The van der Waals surface area contributed by atoms with Crippen molar-refractivity contribution in [2.45, 2.75) is 12.7 Å². The number of nitrogens with zero attached hydrogens (tertiary/aromatic N) is 3. The molecule has 2 N–H and O–H groups in total. The van der Waals surface area contributed by atoms with Crippen LogP contribution >= 0.6 is 0 Å². The molecule has 9 heteroatoms. The monoisotopic (exact) mass is 482 g/mol. The highest BCUT2D eigenvalue weighted by atomic mass is 19.4. The van der Waals surface area contributed by atoms with Crippen LogP contribution in [0.5, 0.6) is 0 Å². The summed E-state index contributed by atoms with van der Waals surface area (Å²) in [6.07, 6.45) is -4.39. The first kappa shape index (κ1) is 24.1. The summed E-state index contributed by atoms with van der Waals surface area (Å²) in [5, 5.41) is 12.6. The van der Waals surface area contributed by atoms with Gasteiger partial charge in [0.25, 0.3) is 0 Å². The van der Waals surface area contributed by atoms with Crippen molar-refractivity contribution in [1.82, 2.24) is 4.90 Å². The highest BCUT2D eigenvalue weighted by Gasteiger charge is 2.31. The lowest BCUT2D eigenvalue weighted by Crippen LogP contribution is -2.50. The molecule has 1 aliphatic rings. The van der Waals surface area contributed by atoms with E-state index in [1.807, 2.05) is 40.1 Å². The molecule has 1 aliphatic heterocycles. The van der Waals surface area contributed by atoms with Crippen molar-refractivity contribution in [1.29, 1.82) is 0 Å². The summed E-state index contributed by atoms with van der Waals surface area (Å²) in [6.45, 7) is 2.53. The molecule has 4 rings (SSSR count). The van der Waals surface area contributed by atoms with Crippen LogP contribution in [0.4, 0.5) is 24.5 Å². The summed E-state index contributed by atoms with van der Waals surface area (Å²) in [5.41, 5.74) is 1.64. The largest absolute Gasteiger partial charge is 0.478 e. The number of hydrogen-bond acceptors (Lipinski definition) is 3. The molecule has 0 unspecified atom stereocenters. The fourth-order valence-corrected chi connectivity index (χ4v) is 3.88. The van der Waals surface area contributed by atoms with E-state index in [4.69, 9.17) is 4.99 Å². The number of nitrogens with one attached hydrogen (secondary N) is 1. The van der Waals surface area contributed by atoms with Gasteiger partial charge < -0.3 is 20.2 Å². The Morgan fingerprint density at radius 1 is 0.914 bits per heavy atom. The van der Waals surface area contributed by atoms with Gasteiger partial charge in [-0.15, -0.1) is 0 Å². The summed E-state index contributed by atoms with van der Waals surface area (Å²) < 4.78 is 39.4. The normalized spacial score (nSPS) is 14.7. The molecule has 1 saturated heterocycles. The van der Waals surface area contributed by atoms with Crippen LogP contribution in [-0.4, -0.2) is 48.1 Å².